The number of hydrogen-bond acceptors (Lipinski definition) is 7. The Balaban J connectivity index is 1.30. The third kappa shape index (κ3) is 15.7. The van der Waals surface area contributed by atoms with Crippen molar-refractivity contribution in [2.75, 3.05) is 26.7 Å². The van der Waals surface area contributed by atoms with Crippen LogP contribution in [0.4, 0.5) is 4.79 Å². The van der Waals surface area contributed by atoms with Gasteiger partial charge in [0.15, 0.2) is 6.29 Å². The molecule has 4 aromatic carbocycles. The molecule has 9 nitrogen and oxygen atoms in total. The van der Waals surface area contributed by atoms with Crippen LogP contribution < -0.4 is 10.6 Å². The molecular formula is C53H73N3O6. The molecule has 1 aliphatic heterocycles. The Morgan fingerprint density at radius 2 is 1.31 bits per heavy atom. The van der Waals surface area contributed by atoms with Gasteiger partial charge in [-0.1, -0.05) is 176 Å². The zero-order valence-electron chi connectivity index (χ0n) is 37.9. The first-order valence-corrected chi connectivity index (χ1v) is 23.4. The maximum atomic E-state index is 13.0. The van der Waals surface area contributed by atoms with Crippen LogP contribution in [0.25, 0.3) is 11.1 Å². The van der Waals surface area contributed by atoms with E-state index in [4.69, 9.17) is 14.2 Å². The third-order valence-corrected chi connectivity index (χ3v) is 12.2. The number of nitrogens with zero attached hydrogens (tertiary/aromatic N) is 1. The highest BCUT2D eigenvalue weighted by molar-refractivity contribution is 5.83. The Bertz CT molecular complexity index is 1870. The van der Waals surface area contributed by atoms with Crippen molar-refractivity contribution >= 4 is 12.0 Å². The van der Waals surface area contributed by atoms with Crippen LogP contribution >= 0.6 is 0 Å². The van der Waals surface area contributed by atoms with Gasteiger partial charge in [0.05, 0.1) is 25.9 Å². The first-order valence-electron chi connectivity index (χ1n) is 23.4. The number of hydrogen-bond donors (Lipinski definition) is 3. The summed E-state index contributed by atoms with van der Waals surface area (Å²) in [5.41, 5.74) is 6.78. The molecule has 2 amide bonds. The molecule has 1 heterocycles. The molecule has 336 valence electrons. The minimum absolute atomic E-state index is 0.00341. The molecule has 9 heteroatoms. The highest BCUT2D eigenvalue weighted by Crippen LogP contribution is 2.42. The summed E-state index contributed by atoms with van der Waals surface area (Å²) in [6, 6.07) is 32.9. The minimum atomic E-state index is -0.813. The Morgan fingerprint density at radius 3 is 1.95 bits per heavy atom. The van der Waals surface area contributed by atoms with Crippen LogP contribution in [0.1, 0.15) is 138 Å². The number of nitrogens with one attached hydrogen (secondary N) is 2. The highest BCUT2D eigenvalue weighted by Gasteiger charge is 2.39. The summed E-state index contributed by atoms with van der Waals surface area (Å²) in [6.07, 6.45) is 14.8. The van der Waals surface area contributed by atoms with Gasteiger partial charge >= 0.3 is 12.0 Å². The Kier molecular flexibility index (Phi) is 21.0. The van der Waals surface area contributed by atoms with Crippen molar-refractivity contribution in [3.05, 3.63) is 131 Å². The van der Waals surface area contributed by atoms with Gasteiger partial charge in [-0.05, 0) is 71.4 Å². The van der Waals surface area contributed by atoms with Gasteiger partial charge in [0, 0.05) is 31.0 Å². The van der Waals surface area contributed by atoms with Gasteiger partial charge in [-0.15, -0.1) is 0 Å². The van der Waals surface area contributed by atoms with Gasteiger partial charge in [-0.25, -0.2) is 9.59 Å². The fraction of sp³-hybridized carbons (Fsp3) is 0.509. The van der Waals surface area contributed by atoms with Crippen LogP contribution in [0.5, 0.6) is 0 Å². The van der Waals surface area contributed by atoms with Gasteiger partial charge in [0.25, 0.3) is 0 Å². The summed E-state index contributed by atoms with van der Waals surface area (Å²) < 4.78 is 18.9. The van der Waals surface area contributed by atoms with Gasteiger partial charge < -0.3 is 34.9 Å². The molecule has 5 atom stereocenters. The average Bonchev–Trinajstić information content (AvgIpc) is 3.31. The van der Waals surface area contributed by atoms with E-state index < -0.39 is 24.3 Å². The molecular weight excluding hydrogens is 775 g/mol. The van der Waals surface area contributed by atoms with E-state index in [1.54, 1.807) is 0 Å². The molecule has 0 saturated carbocycles. The molecule has 0 radical (unpaired) electrons. The van der Waals surface area contributed by atoms with E-state index in [9.17, 15) is 14.7 Å². The summed E-state index contributed by atoms with van der Waals surface area (Å²) >= 11 is 0. The molecule has 0 aromatic heterocycles. The number of ether oxygens (including phenoxy) is 3. The lowest BCUT2D eigenvalue weighted by atomic mass is 9.89. The van der Waals surface area contributed by atoms with E-state index in [0.29, 0.717) is 6.42 Å². The second kappa shape index (κ2) is 26.8. The molecule has 62 heavy (non-hydrogen) atoms. The summed E-state index contributed by atoms with van der Waals surface area (Å²) in [4.78, 5) is 28.2. The number of rotatable bonds is 26. The number of aliphatic hydroxyl groups is 1. The average molecular weight is 848 g/mol. The minimum Gasteiger partial charge on any atom is -0.467 e. The lowest BCUT2D eigenvalue weighted by Gasteiger charge is -2.43. The van der Waals surface area contributed by atoms with Gasteiger partial charge in [-0.2, -0.15) is 0 Å². The third-order valence-electron chi connectivity index (χ3n) is 12.2. The van der Waals surface area contributed by atoms with Crippen molar-refractivity contribution in [1.82, 2.24) is 15.5 Å². The van der Waals surface area contributed by atoms with Crippen molar-refractivity contribution in [3.8, 4) is 11.1 Å². The molecule has 5 rings (SSSR count). The number of unbranched alkanes of at least 4 members (excludes halogenated alkanes) is 10. The van der Waals surface area contributed by atoms with Crippen molar-refractivity contribution in [1.29, 1.82) is 0 Å². The van der Waals surface area contributed by atoms with Crippen LogP contribution in [-0.2, 0) is 38.6 Å². The van der Waals surface area contributed by atoms with E-state index in [0.717, 1.165) is 58.6 Å². The number of carbonyl (C=O) groups excluding carboxylic acids is 2. The van der Waals surface area contributed by atoms with Crippen LogP contribution in [0.2, 0.25) is 0 Å². The normalized spacial score (nSPS) is 18.0. The number of benzene rings is 4. The monoisotopic (exact) mass is 848 g/mol. The van der Waals surface area contributed by atoms with Crippen LogP contribution in [0.15, 0.2) is 103 Å². The number of amides is 2. The molecule has 4 aromatic rings. The summed E-state index contributed by atoms with van der Waals surface area (Å²) in [6.45, 7) is 10.1. The van der Waals surface area contributed by atoms with Crippen LogP contribution in [0, 0.1) is 5.92 Å². The van der Waals surface area contributed by atoms with Gasteiger partial charge in [0.2, 0.25) is 0 Å². The number of carbonyl (C=O) groups is 2. The molecule has 0 bridgehead atoms. The molecule has 1 saturated heterocycles. The maximum absolute atomic E-state index is 13.0. The first kappa shape index (κ1) is 48.5. The number of methoxy groups -OCH3 is 1. The zero-order valence-corrected chi connectivity index (χ0v) is 37.9. The van der Waals surface area contributed by atoms with E-state index in [1.807, 2.05) is 54.6 Å². The predicted molar refractivity (Wildman–Crippen MR) is 249 cm³/mol. The second-order valence-corrected chi connectivity index (χ2v) is 17.1. The van der Waals surface area contributed by atoms with Crippen LogP contribution in [0.3, 0.4) is 0 Å². The van der Waals surface area contributed by atoms with Crippen molar-refractivity contribution in [2.45, 2.75) is 142 Å². The van der Waals surface area contributed by atoms with Gasteiger partial charge in [-0.3, -0.25) is 0 Å². The quantitative estimate of drug-likeness (QED) is 0.0426. The second-order valence-electron chi connectivity index (χ2n) is 17.1. The SMILES string of the molecule is CCCCCCCCN(CCCCCCCC)C[C@H]1O[C@@H](c2cccc(-c3cccc(CNC(=O)N[C@@H](Cc4ccccc4)C(=O)OC)c3)c2)O[C@@H](c2ccc(CO)cc2)[C@H]1C. The fourth-order valence-corrected chi connectivity index (χ4v) is 8.41. The Labute approximate surface area is 371 Å². The van der Waals surface area contributed by atoms with Crippen molar-refractivity contribution in [3.63, 3.8) is 0 Å². The van der Waals surface area contributed by atoms with E-state index in [-0.39, 0.29) is 31.3 Å². The number of urea groups is 1. The van der Waals surface area contributed by atoms with Gasteiger partial charge in [0.1, 0.15) is 6.04 Å². The maximum Gasteiger partial charge on any atom is 0.328 e. The summed E-state index contributed by atoms with van der Waals surface area (Å²) in [5, 5.41) is 15.5. The largest absolute Gasteiger partial charge is 0.467 e. The fourth-order valence-electron chi connectivity index (χ4n) is 8.41. The summed E-state index contributed by atoms with van der Waals surface area (Å²) in [7, 11) is 1.32. The lowest BCUT2D eigenvalue weighted by Crippen LogP contribution is -2.47. The number of esters is 1. The molecule has 0 unspecified atom stereocenters. The first-order chi connectivity index (χ1) is 30.3. The molecule has 1 fully saturated rings. The Hall–Kier alpha value is -4.54. The lowest BCUT2D eigenvalue weighted by molar-refractivity contribution is -0.276. The highest BCUT2D eigenvalue weighted by atomic mass is 16.7. The standard InChI is InChI=1S/C53H73N3O6/c1-5-7-9-11-13-18-32-56(33-19-14-12-10-8-6-2)38-49-40(3)50(44-30-28-42(39-57)29-31-44)62-52(61-49)47-27-21-26-46(36-47)45-25-20-24-43(34-45)37-54-53(59)55-48(51(58)60-4)35-41-22-16-15-17-23-41/h15-17,20-31,34,36,40,48-50,52,57H,5-14,18-19,32-33,35,37-39H2,1-4H3,(H2,54,55,59)/t40-,48-,49+,50+,52+/m0/s1. The van der Waals surface area contributed by atoms with Crippen molar-refractivity contribution < 1.29 is 28.9 Å². The van der Waals surface area contributed by atoms with Crippen LogP contribution in [-0.4, -0.2) is 60.9 Å². The summed E-state index contributed by atoms with van der Waals surface area (Å²) in [5.74, 6) is -0.393. The molecule has 3 N–H and O–H groups in total. The number of aliphatic hydroxyl groups excluding tert-OH is 1. The zero-order chi connectivity index (χ0) is 43.9. The molecule has 0 spiro atoms. The molecule has 1 aliphatic rings. The smallest absolute Gasteiger partial charge is 0.328 e. The predicted octanol–water partition coefficient (Wildman–Crippen LogP) is 11.2. The van der Waals surface area contributed by atoms with E-state index in [2.05, 4.69) is 84.8 Å². The molecule has 0 aliphatic carbocycles. The van der Waals surface area contributed by atoms with E-state index in [1.165, 1.54) is 84.2 Å². The van der Waals surface area contributed by atoms with Crippen molar-refractivity contribution in [2.24, 2.45) is 5.92 Å². The van der Waals surface area contributed by atoms with E-state index >= 15 is 0 Å². The topological polar surface area (TPSA) is 109 Å². The Morgan fingerprint density at radius 1 is 0.694 bits per heavy atom.